The molecule has 0 saturated heterocycles. The van der Waals surface area contributed by atoms with Crippen LogP contribution in [-0.2, 0) is 11.2 Å². The molecule has 40 heavy (non-hydrogen) atoms. The van der Waals surface area contributed by atoms with Crippen LogP contribution in [0.25, 0.3) is 22.5 Å². The predicted molar refractivity (Wildman–Crippen MR) is 139 cm³/mol. The van der Waals surface area contributed by atoms with E-state index in [1.165, 1.54) is 24.3 Å². The third kappa shape index (κ3) is 6.29. The molecule has 0 radical (unpaired) electrons. The van der Waals surface area contributed by atoms with Crippen LogP contribution in [0.4, 0.5) is 17.6 Å². The van der Waals surface area contributed by atoms with Crippen LogP contribution in [0.1, 0.15) is 26.3 Å². The zero-order valence-electron chi connectivity index (χ0n) is 20.7. The number of nitrogens with zero attached hydrogens (tertiary/aromatic N) is 2. The van der Waals surface area contributed by atoms with E-state index in [1.54, 1.807) is 48.8 Å². The molecule has 3 aromatic carbocycles. The van der Waals surface area contributed by atoms with Crippen molar-refractivity contribution in [3.8, 4) is 28.3 Å². The number of benzene rings is 3. The zero-order valence-corrected chi connectivity index (χ0v) is 20.7. The number of carbonyl (C=O) groups is 2. The maximum Gasteiger partial charge on any atom is 0.449 e. The van der Waals surface area contributed by atoms with E-state index in [4.69, 9.17) is 4.74 Å². The summed E-state index contributed by atoms with van der Waals surface area (Å²) >= 11 is 0. The van der Waals surface area contributed by atoms with E-state index in [0.717, 1.165) is 17.7 Å². The van der Waals surface area contributed by atoms with Gasteiger partial charge in [-0.1, -0.05) is 43.0 Å². The Labute approximate surface area is 226 Å². The number of ether oxygens (including phenoxy) is 2. The Morgan fingerprint density at radius 3 is 2.08 bits per heavy atom. The molecular formula is C30H20F4N2O4. The van der Waals surface area contributed by atoms with Gasteiger partial charge in [0.05, 0.1) is 11.1 Å². The van der Waals surface area contributed by atoms with Gasteiger partial charge in [-0.3, -0.25) is 0 Å². The maximum atomic E-state index is 15.6. The topological polar surface area (TPSA) is 78.4 Å². The summed E-state index contributed by atoms with van der Waals surface area (Å²) in [5, 5.41) is 0. The summed E-state index contributed by atoms with van der Waals surface area (Å²) in [4.78, 5) is 34.0. The number of rotatable bonds is 8. The van der Waals surface area contributed by atoms with E-state index in [9.17, 15) is 22.8 Å². The lowest BCUT2D eigenvalue weighted by Gasteiger charge is -2.15. The van der Waals surface area contributed by atoms with Gasteiger partial charge < -0.3 is 9.47 Å². The van der Waals surface area contributed by atoms with Crippen LogP contribution in [0.15, 0.2) is 104 Å². The molecule has 0 N–H and O–H groups in total. The van der Waals surface area contributed by atoms with Crippen molar-refractivity contribution in [2.75, 3.05) is 0 Å². The first kappa shape index (κ1) is 27.9. The molecule has 0 bridgehead atoms. The van der Waals surface area contributed by atoms with Crippen LogP contribution in [0.3, 0.4) is 0 Å². The SMILES string of the molecule is C=CCc1cnc(-c2ccc(OC(=O)c3ccc(C(=O)OC(=C)C(F)(F)F)c(F)c3-c3ccccc3)cc2)nc1. The Morgan fingerprint density at radius 1 is 0.850 bits per heavy atom. The molecule has 4 aromatic rings. The Kier molecular flexibility index (Phi) is 8.18. The number of allylic oxidation sites excluding steroid dienone is 2. The summed E-state index contributed by atoms with van der Waals surface area (Å²) < 4.78 is 63.5. The molecule has 0 atom stereocenters. The molecule has 0 fully saturated rings. The van der Waals surface area contributed by atoms with Crippen LogP contribution >= 0.6 is 0 Å². The summed E-state index contributed by atoms with van der Waals surface area (Å²) in [5.74, 6) is -5.06. The van der Waals surface area contributed by atoms with E-state index < -0.39 is 35.3 Å². The molecule has 0 saturated carbocycles. The Bertz CT molecular complexity index is 1570. The van der Waals surface area contributed by atoms with Crippen molar-refractivity contribution in [2.45, 2.75) is 12.6 Å². The second kappa shape index (κ2) is 11.7. The number of hydrogen-bond donors (Lipinski definition) is 0. The standard InChI is InChI=1S/C30H20F4N2O4/c1-3-7-19-16-35-27(36-17-19)21-10-12-22(13-11-21)40-28(37)23-14-15-24(29(38)39-18(2)30(32,33)34)26(31)25(23)20-8-5-4-6-9-20/h3-6,8-17H,1-2,7H2. The lowest BCUT2D eigenvalue weighted by atomic mass is 9.96. The van der Waals surface area contributed by atoms with Gasteiger partial charge in [0.2, 0.25) is 5.76 Å². The van der Waals surface area contributed by atoms with Crippen molar-refractivity contribution in [1.82, 2.24) is 9.97 Å². The van der Waals surface area contributed by atoms with Gasteiger partial charge in [-0.2, -0.15) is 13.2 Å². The quantitative estimate of drug-likeness (QED) is 0.0767. The van der Waals surface area contributed by atoms with E-state index in [-0.39, 0.29) is 22.4 Å². The first-order valence-electron chi connectivity index (χ1n) is 11.7. The number of alkyl halides is 3. The van der Waals surface area contributed by atoms with Crippen molar-refractivity contribution >= 4 is 11.9 Å². The van der Waals surface area contributed by atoms with Crippen molar-refractivity contribution in [3.63, 3.8) is 0 Å². The van der Waals surface area contributed by atoms with Crippen molar-refractivity contribution in [2.24, 2.45) is 0 Å². The highest BCUT2D eigenvalue weighted by atomic mass is 19.4. The van der Waals surface area contributed by atoms with Gasteiger partial charge >= 0.3 is 18.1 Å². The molecule has 6 nitrogen and oxygen atoms in total. The maximum absolute atomic E-state index is 15.6. The molecule has 0 aliphatic carbocycles. The van der Waals surface area contributed by atoms with Gasteiger partial charge in [-0.25, -0.2) is 23.9 Å². The molecule has 0 unspecified atom stereocenters. The highest BCUT2D eigenvalue weighted by Crippen LogP contribution is 2.32. The number of hydrogen-bond acceptors (Lipinski definition) is 6. The van der Waals surface area contributed by atoms with Crippen LogP contribution in [0, 0.1) is 5.82 Å². The van der Waals surface area contributed by atoms with Gasteiger partial charge in [-0.15, -0.1) is 6.58 Å². The van der Waals surface area contributed by atoms with Crippen molar-refractivity contribution < 1.29 is 36.6 Å². The number of esters is 2. The fraction of sp³-hybridized carbons (Fsp3) is 0.0667. The third-order valence-corrected chi connectivity index (χ3v) is 5.58. The van der Waals surface area contributed by atoms with Crippen molar-refractivity contribution in [1.29, 1.82) is 0 Å². The Hall–Kier alpha value is -5.12. The molecule has 1 heterocycles. The first-order valence-corrected chi connectivity index (χ1v) is 11.7. The smallest absolute Gasteiger partial charge is 0.423 e. The third-order valence-electron chi connectivity index (χ3n) is 5.58. The van der Waals surface area contributed by atoms with Gasteiger partial charge in [0.15, 0.2) is 5.82 Å². The predicted octanol–water partition coefficient (Wildman–Crippen LogP) is 7.13. The molecule has 0 amide bonds. The van der Waals surface area contributed by atoms with E-state index in [1.807, 2.05) is 0 Å². The number of halogens is 4. The molecule has 10 heteroatoms. The summed E-state index contributed by atoms with van der Waals surface area (Å²) in [6, 6.07) is 15.9. The zero-order chi connectivity index (χ0) is 28.9. The summed E-state index contributed by atoms with van der Waals surface area (Å²) in [6.45, 7) is 6.33. The van der Waals surface area contributed by atoms with Crippen LogP contribution in [0.5, 0.6) is 5.75 Å². The van der Waals surface area contributed by atoms with Gasteiger partial charge in [0.25, 0.3) is 0 Å². The van der Waals surface area contributed by atoms with E-state index >= 15 is 4.39 Å². The summed E-state index contributed by atoms with van der Waals surface area (Å²) in [7, 11) is 0. The Balaban J connectivity index is 1.62. The average Bonchev–Trinajstić information content (AvgIpc) is 2.93. The number of aromatic nitrogens is 2. The first-order chi connectivity index (χ1) is 19.1. The van der Waals surface area contributed by atoms with Crippen LogP contribution in [0.2, 0.25) is 0 Å². The van der Waals surface area contributed by atoms with Crippen LogP contribution in [-0.4, -0.2) is 28.1 Å². The largest absolute Gasteiger partial charge is 0.449 e. The minimum absolute atomic E-state index is 0.126. The van der Waals surface area contributed by atoms with Gasteiger partial charge in [-0.05, 0) is 53.9 Å². The molecule has 4 rings (SSSR count). The molecule has 0 aliphatic heterocycles. The summed E-state index contributed by atoms with van der Waals surface area (Å²) in [6.07, 6.45) is 0.702. The fourth-order valence-electron chi connectivity index (χ4n) is 3.63. The normalized spacial score (nSPS) is 11.0. The lowest BCUT2D eigenvalue weighted by Crippen LogP contribution is -2.19. The molecule has 202 valence electrons. The van der Waals surface area contributed by atoms with E-state index in [2.05, 4.69) is 27.9 Å². The van der Waals surface area contributed by atoms with Crippen LogP contribution < -0.4 is 4.74 Å². The second-order valence-corrected chi connectivity index (χ2v) is 8.35. The molecular weight excluding hydrogens is 528 g/mol. The molecule has 0 aliphatic rings. The highest BCUT2D eigenvalue weighted by molar-refractivity contribution is 6.01. The monoisotopic (exact) mass is 548 g/mol. The van der Waals surface area contributed by atoms with Gasteiger partial charge in [0.1, 0.15) is 11.6 Å². The number of carbonyl (C=O) groups excluding carboxylic acids is 2. The minimum Gasteiger partial charge on any atom is -0.423 e. The minimum atomic E-state index is -5.02. The lowest BCUT2D eigenvalue weighted by molar-refractivity contribution is -0.122. The van der Waals surface area contributed by atoms with Crippen molar-refractivity contribution in [3.05, 3.63) is 127 Å². The molecule has 0 spiro atoms. The Morgan fingerprint density at radius 2 is 1.48 bits per heavy atom. The average molecular weight is 548 g/mol. The van der Waals surface area contributed by atoms with Gasteiger partial charge in [0, 0.05) is 23.5 Å². The molecule has 1 aromatic heterocycles. The summed E-state index contributed by atoms with van der Waals surface area (Å²) in [5.41, 5.74) is 0.315. The fourth-order valence-corrected chi connectivity index (χ4v) is 3.63. The second-order valence-electron chi connectivity index (χ2n) is 8.35. The van der Waals surface area contributed by atoms with E-state index in [0.29, 0.717) is 17.8 Å². The highest BCUT2D eigenvalue weighted by Gasteiger charge is 2.36.